The smallest absolute Gasteiger partial charge is 0.330 e. The van der Waals surface area contributed by atoms with E-state index >= 15 is 0 Å². The summed E-state index contributed by atoms with van der Waals surface area (Å²) in [4.78, 5) is 46.8. The third-order valence-electron chi connectivity index (χ3n) is 11.3. The first-order valence-corrected chi connectivity index (χ1v) is 24.1. The minimum absolute atomic E-state index is 0.117. The SMILES string of the molecule is CC(C)CCCC(C)CCCC(C)CCCC(C)CC(=O)OC[C@H](COP(O)OC[C@H](N)C(=O)[O-])OC(=O)CC(C)CCCC(C)CCCC(C)CCCC(C)C. The van der Waals surface area contributed by atoms with Gasteiger partial charge in [0.1, 0.15) is 6.61 Å². The minimum atomic E-state index is -2.51. The Hall–Kier alpha value is -1.32. The highest BCUT2D eigenvalue weighted by atomic mass is 31.2. The van der Waals surface area contributed by atoms with E-state index in [1.807, 2.05) is 6.92 Å². The van der Waals surface area contributed by atoms with Crippen LogP contribution in [0.25, 0.3) is 0 Å². The fourth-order valence-corrected chi connectivity index (χ4v) is 8.01. The van der Waals surface area contributed by atoms with Crippen molar-refractivity contribution in [2.45, 2.75) is 210 Å². The molecule has 0 aromatic carbocycles. The van der Waals surface area contributed by atoms with E-state index in [1.165, 1.54) is 77.0 Å². The summed E-state index contributed by atoms with van der Waals surface area (Å²) in [5.74, 6) is 2.40. The van der Waals surface area contributed by atoms with Gasteiger partial charge in [0.05, 0.1) is 25.2 Å². The average Bonchev–Trinajstić information content (AvgIpc) is 3.11. The number of aliphatic carboxylic acids is 1. The van der Waals surface area contributed by atoms with E-state index < -0.39 is 39.3 Å². The molecule has 0 radical (unpaired) electrons. The fourth-order valence-electron chi connectivity index (χ4n) is 7.35. The van der Waals surface area contributed by atoms with Crippen LogP contribution < -0.4 is 10.8 Å². The fraction of sp³-hybridized carbons (Fsp3) is 0.935. The Kier molecular flexibility index (Phi) is 33.6. The number of carbonyl (C=O) groups excluding carboxylic acids is 3. The van der Waals surface area contributed by atoms with Crippen LogP contribution in [0, 0.1) is 47.3 Å². The first-order valence-electron chi connectivity index (χ1n) is 22.9. The van der Waals surface area contributed by atoms with E-state index in [2.05, 4.69) is 62.3 Å². The van der Waals surface area contributed by atoms with Crippen LogP contribution in [0.4, 0.5) is 0 Å². The Balaban J connectivity index is 4.72. The lowest BCUT2D eigenvalue weighted by Crippen LogP contribution is -2.44. The molecule has 0 aromatic heterocycles. The molecule has 0 heterocycles. The predicted molar refractivity (Wildman–Crippen MR) is 232 cm³/mol. The topological polar surface area (TPSA) is 157 Å². The molecule has 7 unspecified atom stereocenters. The Bertz CT molecular complexity index is 1010. The van der Waals surface area contributed by atoms with Crippen LogP contribution in [0.5, 0.6) is 0 Å². The van der Waals surface area contributed by atoms with Gasteiger partial charge in [-0.2, -0.15) is 0 Å². The van der Waals surface area contributed by atoms with Crippen LogP contribution in [0.2, 0.25) is 0 Å². The van der Waals surface area contributed by atoms with Gasteiger partial charge in [0.2, 0.25) is 0 Å². The molecule has 0 amide bonds. The number of carboxylic acids is 1. The molecule has 0 saturated carbocycles. The average molecular weight is 831 g/mol. The Labute approximate surface area is 351 Å². The summed E-state index contributed by atoms with van der Waals surface area (Å²) in [5, 5.41) is 10.9. The van der Waals surface area contributed by atoms with E-state index in [9.17, 15) is 24.4 Å². The van der Waals surface area contributed by atoms with Crippen molar-refractivity contribution < 1.29 is 42.9 Å². The van der Waals surface area contributed by atoms with Crippen molar-refractivity contribution in [1.29, 1.82) is 0 Å². The Morgan fingerprint density at radius 1 is 0.509 bits per heavy atom. The zero-order chi connectivity index (χ0) is 43.2. The number of carbonyl (C=O) groups is 3. The molecule has 0 aliphatic carbocycles. The molecule has 0 saturated heterocycles. The molecule has 57 heavy (non-hydrogen) atoms. The zero-order valence-electron chi connectivity index (χ0n) is 38.3. The first-order chi connectivity index (χ1) is 26.9. The monoisotopic (exact) mass is 831 g/mol. The second kappa shape index (κ2) is 34.4. The summed E-state index contributed by atoms with van der Waals surface area (Å²) < 4.78 is 21.5. The van der Waals surface area contributed by atoms with E-state index in [4.69, 9.17) is 24.3 Å². The van der Waals surface area contributed by atoms with Gasteiger partial charge in [-0.3, -0.25) is 9.59 Å². The van der Waals surface area contributed by atoms with Crippen LogP contribution in [0.15, 0.2) is 0 Å². The lowest BCUT2D eigenvalue weighted by molar-refractivity contribution is -0.308. The standard InChI is InChI=1S/C46H90NO9P/c1-34(2)17-11-19-36(5)21-13-23-38(7)25-15-27-40(9)29-44(48)53-31-42(32-54-57(52)55-33-43(47)46(50)51)56-45(49)30-41(10)28-16-26-39(8)24-14-22-37(6)20-12-18-35(3)4/h34-43,52H,11-33,47H2,1-10H3,(H,50,51)/p-1/t36?,37?,38?,39?,40?,41?,42-,43+,57?/m1/s1. The second-order valence-corrected chi connectivity index (χ2v) is 20.0. The van der Waals surface area contributed by atoms with Gasteiger partial charge in [0.15, 0.2) is 6.10 Å². The third kappa shape index (κ3) is 35.2. The summed E-state index contributed by atoms with van der Waals surface area (Å²) in [6.45, 7) is 21.6. The number of carboxylic acid groups (broad SMARTS) is 1. The molecule has 0 aromatic rings. The third-order valence-corrected chi connectivity index (χ3v) is 12.1. The van der Waals surface area contributed by atoms with Crippen molar-refractivity contribution in [3.05, 3.63) is 0 Å². The molecule has 0 spiro atoms. The highest BCUT2D eigenvalue weighted by molar-refractivity contribution is 7.40. The number of esters is 2. The van der Waals surface area contributed by atoms with Gasteiger partial charge >= 0.3 is 20.5 Å². The largest absolute Gasteiger partial charge is 0.548 e. The van der Waals surface area contributed by atoms with Crippen LogP contribution in [-0.2, 0) is 32.9 Å². The molecule has 9 atom stereocenters. The summed E-state index contributed by atoms with van der Waals surface area (Å²) in [6.07, 6.45) is 21.3. The normalized spacial score (nSPS) is 16.7. The molecule has 0 rings (SSSR count). The molecule has 0 bridgehead atoms. The van der Waals surface area contributed by atoms with E-state index in [1.54, 1.807) is 0 Å². The first kappa shape index (κ1) is 55.7. The van der Waals surface area contributed by atoms with E-state index in [0.29, 0.717) is 11.8 Å². The lowest BCUT2D eigenvalue weighted by Gasteiger charge is -2.21. The summed E-state index contributed by atoms with van der Waals surface area (Å²) in [7, 11) is -2.51. The van der Waals surface area contributed by atoms with Crippen LogP contribution in [-0.4, -0.2) is 54.8 Å². The summed E-state index contributed by atoms with van der Waals surface area (Å²) >= 11 is 0. The quantitative estimate of drug-likeness (QED) is 0.0453. The van der Waals surface area contributed by atoms with Crippen molar-refractivity contribution in [3.8, 4) is 0 Å². The van der Waals surface area contributed by atoms with E-state index in [-0.39, 0.29) is 43.9 Å². The lowest BCUT2D eigenvalue weighted by atomic mass is 9.91. The van der Waals surface area contributed by atoms with Crippen molar-refractivity contribution in [1.82, 2.24) is 0 Å². The maximum atomic E-state index is 13.0. The van der Waals surface area contributed by atoms with Gasteiger partial charge < -0.3 is 39.0 Å². The Morgan fingerprint density at radius 2 is 0.842 bits per heavy atom. The maximum Gasteiger partial charge on any atom is 0.330 e. The highest BCUT2D eigenvalue weighted by Crippen LogP contribution is 2.33. The summed E-state index contributed by atoms with van der Waals surface area (Å²) in [5.41, 5.74) is 5.38. The van der Waals surface area contributed by atoms with Crippen molar-refractivity contribution >= 4 is 26.5 Å². The van der Waals surface area contributed by atoms with Gasteiger partial charge in [-0.1, -0.05) is 185 Å². The zero-order valence-corrected chi connectivity index (χ0v) is 39.2. The summed E-state index contributed by atoms with van der Waals surface area (Å²) in [6, 6.07) is -1.43. The molecule has 3 N–H and O–H groups in total. The van der Waals surface area contributed by atoms with E-state index in [0.717, 1.165) is 62.2 Å². The number of rotatable bonds is 38. The van der Waals surface area contributed by atoms with Gasteiger partial charge in [-0.15, -0.1) is 0 Å². The number of ether oxygens (including phenoxy) is 2. The van der Waals surface area contributed by atoms with Gasteiger partial charge in [0, 0.05) is 12.8 Å². The van der Waals surface area contributed by atoms with Gasteiger partial charge in [0.25, 0.3) is 0 Å². The number of hydrogen-bond acceptors (Lipinski definition) is 10. The van der Waals surface area contributed by atoms with Crippen LogP contribution in [0.3, 0.4) is 0 Å². The molecule has 0 aliphatic rings. The molecular weight excluding hydrogens is 741 g/mol. The van der Waals surface area contributed by atoms with Crippen LogP contribution in [0.1, 0.15) is 198 Å². The maximum absolute atomic E-state index is 13.0. The molecule has 0 aliphatic heterocycles. The Morgan fingerprint density at radius 3 is 1.21 bits per heavy atom. The second-order valence-electron chi connectivity index (χ2n) is 19.0. The number of nitrogens with two attached hydrogens (primary N) is 1. The minimum Gasteiger partial charge on any atom is -0.548 e. The van der Waals surface area contributed by atoms with Gasteiger partial charge in [-0.05, 0) is 47.3 Å². The van der Waals surface area contributed by atoms with Crippen molar-refractivity contribution in [2.75, 3.05) is 19.8 Å². The molecule has 338 valence electrons. The van der Waals surface area contributed by atoms with Crippen LogP contribution >= 0.6 is 8.60 Å². The molecule has 0 fully saturated rings. The molecule has 10 nitrogen and oxygen atoms in total. The van der Waals surface area contributed by atoms with Crippen molar-refractivity contribution in [3.63, 3.8) is 0 Å². The van der Waals surface area contributed by atoms with Gasteiger partial charge in [-0.25, -0.2) is 0 Å². The predicted octanol–water partition coefficient (Wildman–Crippen LogP) is 10.7. The molecular formula is C46H89NO9P-. The highest BCUT2D eigenvalue weighted by Gasteiger charge is 2.23. The number of hydrogen-bond donors (Lipinski definition) is 2. The molecule has 11 heteroatoms. The van der Waals surface area contributed by atoms with Crippen molar-refractivity contribution in [2.24, 2.45) is 53.1 Å².